The highest BCUT2D eigenvalue weighted by Crippen LogP contribution is 2.34. The summed E-state index contributed by atoms with van der Waals surface area (Å²) >= 11 is 0. The second-order valence-corrected chi connectivity index (χ2v) is 5.40. The van der Waals surface area contributed by atoms with Crippen molar-refractivity contribution in [3.8, 4) is 0 Å². The van der Waals surface area contributed by atoms with E-state index in [0.717, 1.165) is 37.8 Å². The molecule has 1 aromatic heterocycles. The number of amides is 1. The second kappa shape index (κ2) is 4.85. The normalized spacial score (nSPS) is 28.8. The lowest BCUT2D eigenvalue weighted by Crippen LogP contribution is -2.41. The van der Waals surface area contributed by atoms with Gasteiger partial charge in [-0.3, -0.25) is 9.89 Å². The third-order valence-electron chi connectivity index (χ3n) is 4.02. The van der Waals surface area contributed by atoms with Gasteiger partial charge in [-0.1, -0.05) is 13.3 Å². The highest BCUT2D eigenvalue weighted by atomic mass is 16.5. The van der Waals surface area contributed by atoms with Gasteiger partial charge in [0.25, 0.3) is 5.91 Å². The molecular formula is C13H20N4O2. The van der Waals surface area contributed by atoms with E-state index in [2.05, 4.69) is 22.4 Å². The number of H-pyrrole nitrogens is 1. The standard InChI is InChI=1S/C13H20N4O2/c1-2-3-8-11(14)12(17-16-8)13(18)15-9-6-7-4-5-10(9)19-7/h7,9-10H,2-6,14H2,1H3,(H,15,18)(H,16,17). The number of ether oxygens (including phenoxy) is 1. The van der Waals surface area contributed by atoms with E-state index in [1.807, 2.05) is 0 Å². The van der Waals surface area contributed by atoms with Crippen molar-refractivity contribution in [1.29, 1.82) is 0 Å². The number of rotatable bonds is 4. The van der Waals surface area contributed by atoms with Crippen LogP contribution >= 0.6 is 0 Å². The molecule has 2 aliphatic rings. The zero-order valence-electron chi connectivity index (χ0n) is 11.1. The molecule has 3 unspecified atom stereocenters. The van der Waals surface area contributed by atoms with Crippen molar-refractivity contribution in [3.05, 3.63) is 11.4 Å². The van der Waals surface area contributed by atoms with E-state index in [9.17, 15) is 4.79 Å². The molecule has 0 aromatic carbocycles. The SMILES string of the molecule is CCCc1[nH]nc(C(=O)NC2CC3CCC2O3)c1N. The van der Waals surface area contributed by atoms with Gasteiger partial charge >= 0.3 is 0 Å². The van der Waals surface area contributed by atoms with Crippen LogP contribution in [-0.4, -0.2) is 34.4 Å². The Labute approximate surface area is 112 Å². The van der Waals surface area contributed by atoms with E-state index in [1.165, 1.54) is 0 Å². The van der Waals surface area contributed by atoms with Crippen LogP contribution in [0, 0.1) is 0 Å². The molecular weight excluding hydrogens is 244 g/mol. The molecule has 2 fully saturated rings. The van der Waals surface area contributed by atoms with Crippen molar-refractivity contribution in [2.45, 2.75) is 57.3 Å². The number of nitrogens with one attached hydrogen (secondary N) is 2. The Morgan fingerprint density at radius 3 is 3.05 bits per heavy atom. The van der Waals surface area contributed by atoms with Crippen molar-refractivity contribution in [2.24, 2.45) is 0 Å². The molecule has 3 atom stereocenters. The van der Waals surface area contributed by atoms with Gasteiger partial charge in [0.1, 0.15) is 0 Å². The molecule has 19 heavy (non-hydrogen) atoms. The highest BCUT2D eigenvalue weighted by molar-refractivity contribution is 5.97. The number of aryl methyl sites for hydroxylation is 1. The first-order valence-corrected chi connectivity index (χ1v) is 6.98. The fraction of sp³-hybridized carbons (Fsp3) is 0.692. The van der Waals surface area contributed by atoms with Crippen LogP contribution in [-0.2, 0) is 11.2 Å². The molecule has 6 nitrogen and oxygen atoms in total. The summed E-state index contributed by atoms with van der Waals surface area (Å²) in [5.41, 5.74) is 7.59. The molecule has 3 heterocycles. The number of fused-ring (bicyclic) bond motifs is 2. The molecule has 1 aromatic rings. The van der Waals surface area contributed by atoms with Crippen molar-refractivity contribution in [2.75, 3.05) is 5.73 Å². The zero-order chi connectivity index (χ0) is 13.4. The van der Waals surface area contributed by atoms with Gasteiger partial charge in [-0.2, -0.15) is 5.10 Å². The number of nitrogens with zero attached hydrogens (tertiary/aromatic N) is 1. The van der Waals surface area contributed by atoms with Gasteiger partial charge in [-0.25, -0.2) is 0 Å². The molecule has 2 saturated heterocycles. The number of carbonyl (C=O) groups is 1. The number of anilines is 1. The molecule has 3 rings (SSSR count). The van der Waals surface area contributed by atoms with E-state index in [-0.39, 0.29) is 18.1 Å². The van der Waals surface area contributed by atoms with Gasteiger partial charge in [-0.05, 0) is 25.7 Å². The molecule has 0 saturated carbocycles. The minimum atomic E-state index is -0.197. The summed E-state index contributed by atoms with van der Waals surface area (Å²) in [6.07, 6.45) is 5.32. The van der Waals surface area contributed by atoms with Gasteiger partial charge in [0.15, 0.2) is 5.69 Å². The average Bonchev–Trinajstić information content (AvgIpc) is 3.07. The summed E-state index contributed by atoms with van der Waals surface area (Å²) in [4.78, 5) is 12.2. The van der Waals surface area contributed by atoms with E-state index in [1.54, 1.807) is 0 Å². The smallest absolute Gasteiger partial charge is 0.274 e. The van der Waals surface area contributed by atoms with Crippen molar-refractivity contribution < 1.29 is 9.53 Å². The van der Waals surface area contributed by atoms with Crippen LogP contribution in [0.25, 0.3) is 0 Å². The number of aromatic amines is 1. The van der Waals surface area contributed by atoms with Gasteiger partial charge in [0.05, 0.1) is 29.6 Å². The van der Waals surface area contributed by atoms with Crippen molar-refractivity contribution >= 4 is 11.6 Å². The second-order valence-electron chi connectivity index (χ2n) is 5.40. The summed E-state index contributed by atoms with van der Waals surface area (Å²) in [6, 6.07) is 0.108. The maximum Gasteiger partial charge on any atom is 0.274 e. The number of nitrogens with two attached hydrogens (primary N) is 1. The molecule has 104 valence electrons. The Morgan fingerprint density at radius 2 is 2.42 bits per heavy atom. The number of nitrogen functional groups attached to an aromatic ring is 1. The van der Waals surface area contributed by atoms with E-state index >= 15 is 0 Å². The monoisotopic (exact) mass is 264 g/mol. The molecule has 2 bridgehead atoms. The maximum atomic E-state index is 12.2. The molecule has 6 heteroatoms. The Balaban J connectivity index is 1.67. The number of carbonyl (C=O) groups excluding carboxylic acids is 1. The third-order valence-corrected chi connectivity index (χ3v) is 4.02. The van der Waals surface area contributed by atoms with Crippen LogP contribution in [0.15, 0.2) is 0 Å². The van der Waals surface area contributed by atoms with Gasteiger partial charge in [0.2, 0.25) is 0 Å². The van der Waals surface area contributed by atoms with E-state index < -0.39 is 0 Å². The van der Waals surface area contributed by atoms with Crippen LogP contribution in [0.3, 0.4) is 0 Å². The lowest BCUT2D eigenvalue weighted by molar-refractivity contribution is 0.0838. The quantitative estimate of drug-likeness (QED) is 0.756. The molecule has 4 N–H and O–H groups in total. The lowest BCUT2D eigenvalue weighted by atomic mass is 9.95. The summed E-state index contributed by atoms with van der Waals surface area (Å²) in [5.74, 6) is -0.197. The number of aromatic nitrogens is 2. The predicted octanol–water partition coefficient (Wildman–Crippen LogP) is 0.994. The zero-order valence-corrected chi connectivity index (χ0v) is 11.1. The summed E-state index contributed by atoms with van der Waals surface area (Å²) in [7, 11) is 0. The molecule has 0 spiro atoms. The Morgan fingerprint density at radius 1 is 1.58 bits per heavy atom. The predicted molar refractivity (Wildman–Crippen MR) is 70.8 cm³/mol. The average molecular weight is 264 g/mol. The Bertz CT molecular complexity index is 485. The molecule has 2 aliphatic heterocycles. The number of hydrogen-bond donors (Lipinski definition) is 3. The first-order chi connectivity index (χ1) is 9.19. The minimum Gasteiger partial charge on any atom is -0.395 e. The van der Waals surface area contributed by atoms with Crippen molar-refractivity contribution in [3.63, 3.8) is 0 Å². The van der Waals surface area contributed by atoms with Crippen LogP contribution in [0.2, 0.25) is 0 Å². The Hall–Kier alpha value is -1.56. The van der Waals surface area contributed by atoms with Crippen LogP contribution in [0.4, 0.5) is 5.69 Å². The fourth-order valence-corrected chi connectivity index (χ4v) is 3.03. The van der Waals surface area contributed by atoms with E-state index in [4.69, 9.17) is 10.5 Å². The topological polar surface area (TPSA) is 93.0 Å². The Kier molecular flexibility index (Phi) is 3.18. The summed E-state index contributed by atoms with van der Waals surface area (Å²) in [6.45, 7) is 2.06. The summed E-state index contributed by atoms with van der Waals surface area (Å²) < 4.78 is 5.72. The van der Waals surface area contributed by atoms with Crippen LogP contribution < -0.4 is 11.1 Å². The maximum absolute atomic E-state index is 12.2. The van der Waals surface area contributed by atoms with Gasteiger partial charge in [0, 0.05) is 0 Å². The fourth-order valence-electron chi connectivity index (χ4n) is 3.03. The molecule has 0 aliphatic carbocycles. The van der Waals surface area contributed by atoms with Crippen molar-refractivity contribution in [1.82, 2.24) is 15.5 Å². The summed E-state index contributed by atoms with van der Waals surface area (Å²) in [5, 5.41) is 9.88. The van der Waals surface area contributed by atoms with Gasteiger partial charge < -0.3 is 15.8 Å². The molecule has 1 amide bonds. The van der Waals surface area contributed by atoms with E-state index in [0.29, 0.717) is 17.5 Å². The minimum absolute atomic E-state index is 0.108. The largest absolute Gasteiger partial charge is 0.395 e. The van der Waals surface area contributed by atoms with Gasteiger partial charge in [-0.15, -0.1) is 0 Å². The van der Waals surface area contributed by atoms with Crippen LogP contribution in [0.5, 0.6) is 0 Å². The molecule has 0 radical (unpaired) electrons. The lowest BCUT2D eigenvalue weighted by Gasteiger charge is -2.19. The van der Waals surface area contributed by atoms with Crippen LogP contribution in [0.1, 0.15) is 48.8 Å². The third kappa shape index (κ3) is 2.20. The first-order valence-electron chi connectivity index (χ1n) is 6.98. The highest BCUT2D eigenvalue weighted by Gasteiger charge is 2.41. The number of hydrogen-bond acceptors (Lipinski definition) is 4. The first kappa shape index (κ1) is 12.5.